The molecule has 0 spiro atoms. The van der Waals surface area contributed by atoms with Crippen LogP contribution in [0.2, 0.25) is 0 Å². The van der Waals surface area contributed by atoms with Crippen LogP contribution in [0.3, 0.4) is 0 Å². The minimum Gasteiger partial charge on any atom is -0.378 e. The maximum absolute atomic E-state index is 5.23. The van der Waals surface area contributed by atoms with E-state index in [-0.39, 0.29) is 4.32 Å². The van der Waals surface area contributed by atoms with Crippen molar-refractivity contribution in [1.82, 2.24) is 0 Å². The van der Waals surface area contributed by atoms with E-state index in [0.29, 0.717) is 0 Å². The van der Waals surface area contributed by atoms with Gasteiger partial charge < -0.3 is 4.74 Å². The predicted molar refractivity (Wildman–Crippen MR) is 57.3 cm³/mol. The Bertz CT molecular complexity index is 329. The highest BCUT2D eigenvalue weighted by Gasteiger charge is 2.38. The van der Waals surface area contributed by atoms with Gasteiger partial charge in [-0.15, -0.1) is 0 Å². The average Bonchev–Trinajstić information content (AvgIpc) is 2.00. The third-order valence-corrected chi connectivity index (χ3v) is 3.41. The van der Waals surface area contributed by atoms with Crippen LogP contribution in [-0.2, 0) is 9.06 Å². The van der Waals surface area contributed by atoms with Crippen LogP contribution in [0.25, 0.3) is 0 Å². The molecule has 70 valence electrons. The summed E-state index contributed by atoms with van der Waals surface area (Å²) in [4.78, 5) is 0. The molecule has 0 aromatic heterocycles. The molecule has 0 aliphatic carbocycles. The van der Waals surface area contributed by atoms with Gasteiger partial charge in [0.15, 0.2) is 0 Å². The molecule has 2 rings (SSSR count). The lowest BCUT2D eigenvalue weighted by molar-refractivity contribution is -0.00725. The number of alkyl halides is 1. The lowest BCUT2D eigenvalue weighted by atomic mass is 9.92. The molecule has 1 nitrogen and oxygen atoms in total. The molecule has 1 aliphatic rings. The highest BCUT2D eigenvalue weighted by molar-refractivity contribution is 9.09. The molecule has 0 unspecified atom stereocenters. The maximum atomic E-state index is 5.23. The molecule has 0 saturated carbocycles. The molecule has 1 saturated heterocycles. The second-order valence-electron chi connectivity index (χ2n) is 3.78. The average molecular weight is 241 g/mol. The van der Waals surface area contributed by atoms with Crippen LogP contribution >= 0.6 is 15.9 Å². The lowest BCUT2D eigenvalue weighted by Gasteiger charge is -2.37. The van der Waals surface area contributed by atoms with Crippen molar-refractivity contribution in [2.45, 2.75) is 18.2 Å². The molecule has 2 heteroatoms. The normalized spacial score (nSPS) is 19.6. The van der Waals surface area contributed by atoms with E-state index in [1.165, 1.54) is 16.7 Å². The summed E-state index contributed by atoms with van der Waals surface area (Å²) in [5.41, 5.74) is 4.03. The van der Waals surface area contributed by atoms with E-state index in [9.17, 15) is 0 Å². The SMILES string of the molecule is Cc1ccc(C2(Br)COC2)c(C)c1. The van der Waals surface area contributed by atoms with Crippen molar-refractivity contribution in [3.8, 4) is 0 Å². The van der Waals surface area contributed by atoms with Crippen molar-refractivity contribution < 1.29 is 4.74 Å². The zero-order chi connectivity index (χ0) is 9.47. The highest BCUT2D eigenvalue weighted by Crippen LogP contribution is 2.40. The van der Waals surface area contributed by atoms with E-state index in [1.54, 1.807) is 0 Å². The highest BCUT2D eigenvalue weighted by atomic mass is 79.9. The minimum atomic E-state index is 0.0881. The first kappa shape index (κ1) is 9.22. The van der Waals surface area contributed by atoms with Gasteiger partial charge in [-0.2, -0.15) is 0 Å². The fourth-order valence-corrected chi connectivity index (χ4v) is 2.52. The van der Waals surface area contributed by atoms with Gasteiger partial charge in [0.1, 0.15) is 0 Å². The summed E-state index contributed by atoms with van der Waals surface area (Å²) in [7, 11) is 0. The topological polar surface area (TPSA) is 9.23 Å². The Hall–Kier alpha value is -0.340. The molecule has 13 heavy (non-hydrogen) atoms. The number of aryl methyl sites for hydroxylation is 2. The number of ether oxygens (including phenoxy) is 1. The van der Waals surface area contributed by atoms with Gasteiger partial charge in [-0.05, 0) is 25.0 Å². The first-order valence-corrected chi connectivity index (χ1v) is 5.25. The second kappa shape index (κ2) is 3.10. The summed E-state index contributed by atoms with van der Waals surface area (Å²) in [5, 5.41) is 0. The van der Waals surface area contributed by atoms with Crippen LogP contribution in [0.1, 0.15) is 16.7 Å². The van der Waals surface area contributed by atoms with E-state index in [2.05, 4.69) is 48.0 Å². The number of rotatable bonds is 1. The number of hydrogen-bond donors (Lipinski definition) is 0. The number of benzene rings is 1. The molecular formula is C11H13BrO. The van der Waals surface area contributed by atoms with E-state index < -0.39 is 0 Å². The van der Waals surface area contributed by atoms with Crippen molar-refractivity contribution in [2.24, 2.45) is 0 Å². The minimum absolute atomic E-state index is 0.0881. The molecule has 0 atom stereocenters. The number of halogens is 1. The molecule has 0 amide bonds. The lowest BCUT2D eigenvalue weighted by Crippen LogP contribution is -2.41. The molecule has 0 radical (unpaired) electrons. The van der Waals surface area contributed by atoms with Crippen LogP contribution < -0.4 is 0 Å². The Balaban J connectivity index is 2.40. The van der Waals surface area contributed by atoms with Crippen molar-refractivity contribution in [2.75, 3.05) is 13.2 Å². The zero-order valence-electron chi connectivity index (χ0n) is 7.93. The summed E-state index contributed by atoms with van der Waals surface area (Å²) in [6.45, 7) is 5.85. The maximum Gasteiger partial charge on any atom is 0.0973 e. The molecule has 1 aromatic carbocycles. The molecule has 1 aliphatic heterocycles. The molecule has 1 aromatic rings. The Kier molecular flexibility index (Phi) is 2.20. The third kappa shape index (κ3) is 1.53. The summed E-state index contributed by atoms with van der Waals surface area (Å²) < 4.78 is 5.32. The Morgan fingerprint density at radius 2 is 2.00 bits per heavy atom. The zero-order valence-corrected chi connectivity index (χ0v) is 9.52. The molecule has 0 N–H and O–H groups in total. The van der Waals surface area contributed by atoms with Gasteiger partial charge in [-0.25, -0.2) is 0 Å². The standard InChI is InChI=1S/C11H13BrO/c1-8-3-4-10(9(2)5-8)11(12)6-13-7-11/h3-5H,6-7H2,1-2H3. The van der Waals surface area contributed by atoms with Gasteiger partial charge >= 0.3 is 0 Å². The Labute approximate surface area is 87.2 Å². The van der Waals surface area contributed by atoms with E-state index in [4.69, 9.17) is 4.74 Å². The third-order valence-electron chi connectivity index (χ3n) is 2.53. The first-order valence-electron chi connectivity index (χ1n) is 4.46. The van der Waals surface area contributed by atoms with Crippen molar-refractivity contribution in [3.05, 3.63) is 34.9 Å². The quantitative estimate of drug-likeness (QED) is 0.687. The van der Waals surface area contributed by atoms with Gasteiger partial charge in [0.25, 0.3) is 0 Å². The summed E-state index contributed by atoms with van der Waals surface area (Å²) in [6, 6.07) is 6.57. The fourth-order valence-electron chi connectivity index (χ4n) is 1.75. The van der Waals surface area contributed by atoms with Gasteiger partial charge in [0, 0.05) is 0 Å². The van der Waals surface area contributed by atoms with Crippen LogP contribution in [0.5, 0.6) is 0 Å². The van der Waals surface area contributed by atoms with Gasteiger partial charge in [-0.3, -0.25) is 0 Å². The molecule has 0 bridgehead atoms. The van der Waals surface area contributed by atoms with E-state index >= 15 is 0 Å². The summed E-state index contributed by atoms with van der Waals surface area (Å²) in [5.74, 6) is 0. The van der Waals surface area contributed by atoms with Gasteiger partial charge in [0.05, 0.1) is 17.5 Å². The van der Waals surface area contributed by atoms with E-state index in [1.807, 2.05) is 0 Å². The van der Waals surface area contributed by atoms with Gasteiger partial charge in [0.2, 0.25) is 0 Å². The Morgan fingerprint density at radius 3 is 2.46 bits per heavy atom. The molecule has 1 heterocycles. The monoisotopic (exact) mass is 240 g/mol. The van der Waals surface area contributed by atoms with E-state index in [0.717, 1.165) is 13.2 Å². The predicted octanol–water partition coefficient (Wildman–Crippen LogP) is 2.92. The summed E-state index contributed by atoms with van der Waals surface area (Å²) in [6.07, 6.45) is 0. The van der Waals surface area contributed by atoms with Crippen molar-refractivity contribution >= 4 is 15.9 Å². The Morgan fingerprint density at radius 1 is 1.31 bits per heavy atom. The molecular weight excluding hydrogens is 228 g/mol. The molecule has 1 fully saturated rings. The fraction of sp³-hybridized carbons (Fsp3) is 0.455. The van der Waals surface area contributed by atoms with Crippen LogP contribution in [-0.4, -0.2) is 13.2 Å². The van der Waals surface area contributed by atoms with Crippen molar-refractivity contribution in [1.29, 1.82) is 0 Å². The first-order chi connectivity index (χ1) is 6.12. The van der Waals surface area contributed by atoms with Crippen LogP contribution in [0.4, 0.5) is 0 Å². The second-order valence-corrected chi connectivity index (χ2v) is 5.29. The van der Waals surface area contributed by atoms with Gasteiger partial charge in [-0.1, -0.05) is 39.7 Å². The van der Waals surface area contributed by atoms with Crippen LogP contribution in [0.15, 0.2) is 18.2 Å². The van der Waals surface area contributed by atoms with Crippen molar-refractivity contribution in [3.63, 3.8) is 0 Å². The van der Waals surface area contributed by atoms with Crippen LogP contribution in [0, 0.1) is 13.8 Å². The summed E-state index contributed by atoms with van der Waals surface area (Å²) >= 11 is 3.73. The number of hydrogen-bond acceptors (Lipinski definition) is 1. The largest absolute Gasteiger partial charge is 0.378 e. The smallest absolute Gasteiger partial charge is 0.0973 e.